The predicted octanol–water partition coefficient (Wildman–Crippen LogP) is 6.01. The van der Waals surface area contributed by atoms with E-state index >= 15 is 0 Å². The summed E-state index contributed by atoms with van der Waals surface area (Å²) in [6.07, 6.45) is 1.24. The van der Waals surface area contributed by atoms with Crippen LogP contribution in [-0.4, -0.2) is 10.9 Å². The van der Waals surface area contributed by atoms with Crippen LogP contribution in [0.4, 0.5) is 0 Å². The Morgan fingerprint density at radius 3 is 2.30 bits per heavy atom. The van der Waals surface area contributed by atoms with E-state index < -0.39 is 0 Å². The van der Waals surface area contributed by atoms with E-state index in [0.717, 1.165) is 39.4 Å². The molecule has 4 aromatic rings. The molecule has 1 aliphatic rings. The molecule has 0 aliphatic heterocycles. The third kappa shape index (κ3) is 2.45. The molecule has 0 saturated carbocycles. The molecule has 0 spiro atoms. The fourth-order valence-electron chi connectivity index (χ4n) is 4.17. The first-order chi connectivity index (χ1) is 13.2. The third-order valence-electron chi connectivity index (χ3n) is 5.42. The molecule has 27 heavy (non-hydrogen) atoms. The van der Waals surface area contributed by atoms with Gasteiger partial charge in [0.2, 0.25) is 0 Å². The summed E-state index contributed by atoms with van der Waals surface area (Å²) in [6.45, 7) is 0. The topological polar surface area (TPSA) is 37.3 Å². The minimum atomic E-state index is 0.114. The summed E-state index contributed by atoms with van der Waals surface area (Å²) in [5, 5.41) is 13.5. The highest BCUT2D eigenvalue weighted by atomic mass is 16.3. The summed E-state index contributed by atoms with van der Waals surface area (Å²) in [7, 11) is 0. The van der Waals surface area contributed by atoms with Crippen molar-refractivity contribution < 1.29 is 9.90 Å². The zero-order chi connectivity index (χ0) is 18.4. The van der Waals surface area contributed by atoms with Gasteiger partial charge in [0.1, 0.15) is 5.75 Å². The first kappa shape index (κ1) is 15.8. The molecular weight excluding hydrogens is 332 g/mol. The molecule has 1 aliphatic carbocycles. The number of Topliss-reactive ketones (excluding diaryl/α,β-unsaturated/α-hetero) is 1. The first-order valence-corrected chi connectivity index (χ1v) is 9.19. The van der Waals surface area contributed by atoms with Crippen LogP contribution in [0.15, 0.2) is 78.9 Å². The van der Waals surface area contributed by atoms with Crippen LogP contribution in [0.25, 0.3) is 33.0 Å². The van der Waals surface area contributed by atoms with Crippen molar-refractivity contribution in [3.8, 4) is 28.0 Å². The van der Waals surface area contributed by atoms with Gasteiger partial charge in [-0.15, -0.1) is 0 Å². The summed E-state index contributed by atoms with van der Waals surface area (Å²) >= 11 is 0. The van der Waals surface area contributed by atoms with Gasteiger partial charge in [-0.2, -0.15) is 0 Å². The minimum absolute atomic E-state index is 0.114. The lowest BCUT2D eigenvalue weighted by Crippen LogP contribution is -1.98. The van der Waals surface area contributed by atoms with Gasteiger partial charge in [0.05, 0.1) is 0 Å². The lowest BCUT2D eigenvalue weighted by atomic mass is 9.88. The van der Waals surface area contributed by atoms with E-state index in [1.165, 1.54) is 0 Å². The van der Waals surface area contributed by atoms with Crippen LogP contribution in [0, 0.1) is 0 Å². The number of benzene rings is 4. The van der Waals surface area contributed by atoms with Gasteiger partial charge in [-0.3, -0.25) is 4.79 Å². The number of hydrogen-bond donors (Lipinski definition) is 1. The van der Waals surface area contributed by atoms with Gasteiger partial charge in [0.25, 0.3) is 0 Å². The van der Waals surface area contributed by atoms with Gasteiger partial charge in [-0.1, -0.05) is 72.8 Å². The average molecular weight is 350 g/mol. The summed E-state index contributed by atoms with van der Waals surface area (Å²) in [4.78, 5) is 12.6. The predicted molar refractivity (Wildman–Crippen MR) is 109 cm³/mol. The Morgan fingerprint density at radius 1 is 0.704 bits per heavy atom. The Hall–Kier alpha value is -3.39. The van der Waals surface area contributed by atoms with Crippen LogP contribution in [0.3, 0.4) is 0 Å². The second-order valence-electron chi connectivity index (χ2n) is 7.00. The lowest BCUT2D eigenvalue weighted by Gasteiger charge is -2.16. The molecule has 0 aromatic heterocycles. The lowest BCUT2D eigenvalue weighted by molar-refractivity contribution is 0.0995. The second-order valence-corrected chi connectivity index (χ2v) is 7.00. The third-order valence-corrected chi connectivity index (χ3v) is 5.42. The minimum Gasteiger partial charge on any atom is -0.507 e. The standard InChI is InChI=1S/C25H18O2/c26-22-14-13-18-15-21(20-12-6-10-16-7-4-5-11-19(16)20)25(27)24(23(18)22)17-8-2-1-3-9-17/h1-12,15,27H,13-14H2. The van der Waals surface area contributed by atoms with Gasteiger partial charge in [-0.05, 0) is 39.9 Å². The van der Waals surface area contributed by atoms with E-state index in [4.69, 9.17) is 0 Å². The van der Waals surface area contributed by atoms with Crippen LogP contribution in [0.2, 0.25) is 0 Å². The molecule has 1 N–H and O–H groups in total. The molecule has 2 nitrogen and oxygen atoms in total. The van der Waals surface area contributed by atoms with Gasteiger partial charge in [0, 0.05) is 23.1 Å². The number of fused-ring (bicyclic) bond motifs is 2. The number of aryl methyl sites for hydroxylation is 1. The van der Waals surface area contributed by atoms with Crippen LogP contribution >= 0.6 is 0 Å². The molecule has 0 atom stereocenters. The smallest absolute Gasteiger partial charge is 0.164 e. The number of rotatable bonds is 2. The molecule has 0 amide bonds. The Bertz CT molecular complexity index is 1180. The molecule has 5 rings (SSSR count). The van der Waals surface area contributed by atoms with Gasteiger partial charge in [0.15, 0.2) is 5.78 Å². The number of hydrogen-bond acceptors (Lipinski definition) is 2. The molecular formula is C25H18O2. The van der Waals surface area contributed by atoms with Crippen LogP contribution in [0.5, 0.6) is 5.75 Å². The van der Waals surface area contributed by atoms with E-state index in [-0.39, 0.29) is 11.5 Å². The van der Waals surface area contributed by atoms with Crippen molar-refractivity contribution in [1.82, 2.24) is 0 Å². The van der Waals surface area contributed by atoms with Crippen molar-refractivity contribution in [3.05, 3.63) is 90.0 Å². The Kier molecular flexibility index (Phi) is 3.58. The average Bonchev–Trinajstić information content (AvgIpc) is 3.08. The zero-order valence-corrected chi connectivity index (χ0v) is 14.8. The number of carbonyl (C=O) groups is 1. The second kappa shape index (κ2) is 6.10. The van der Waals surface area contributed by atoms with Crippen LogP contribution in [-0.2, 0) is 6.42 Å². The SMILES string of the molecule is O=C1CCc2cc(-c3cccc4ccccc34)c(O)c(-c3ccccc3)c21. The van der Waals surface area contributed by atoms with E-state index in [0.29, 0.717) is 17.5 Å². The van der Waals surface area contributed by atoms with E-state index in [1.54, 1.807) is 0 Å². The van der Waals surface area contributed by atoms with E-state index in [1.807, 2.05) is 60.7 Å². The van der Waals surface area contributed by atoms with Crippen molar-refractivity contribution in [3.63, 3.8) is 0 Å². The Labute approximate surface area is 157 Å². The molecule has 0 heterocycles. The first-order valence-electron chi connectivity index (χ1n) is 9.19. The van der Waals surface area contributed by atoms with Gasteiger partial charge in [-0.25, -0.2) is 0 Å². The van der Waals surface area contributed by atoms with Crippen molar-refractivity contribution in [1.29, 1.82) is 0 Å². The molecule has 0 radical (unpaired) electrons. The van der Waals surface area contributed by atoms with Crippen molar-refractivity contribution in [2.45, 2.75) is 12.8 Å². The number of phenolic OH excluding ortho intramolecular Hbond substituents is 1. The maximum atomic E-state index is 12.6. The Balaban J connectivity index is 1.86. The van der Waals surface area contributed by atoms with E-state index in [2.05, 4.69) is 18.2 Å². The monoisotopic (exact) mass is 350 g/mol. The zero-order valence-electron chi connectivity index (χ0n) is 14.8. The maximum absolute atomic E-state index is 12.6. The van der Waals surface area contributed by atoms with Crippen LogP contribution in [0.1, 0.15) is 22.3 Å². The van der Waals surface area contributed by atoms with Crippen molar-refractivity contribution >= 4 is 16.6 Å². The molecule has 0 unspecified atom stereocenters. The largest absolute Gasteiger partial charge is 0.507 e. The molecule has 2 heteroatoms. The quantitative estimate of drug-likeness (QED) is 0.481. The molecule has 0 saturated heterocycles. The highest BCUT2D eigenvalue weighted by Gasteiger charge is 2.28. The molecule has 4 aromatic carbocycles. The normalized spacial score (nSPS) is 13.1. The number of phenols is 1. The van der Waals surface area contributed by atoms with Gasteiger partial charge < -0.3 is 5.11 Å². The highest BCUT2D eigenvalue weighted by Crippen LogP contribution is 2.46. The number of ketones is 1. The summed E-state index contributed by atoms with van der Waals surface area (Å²) in [6, 6.07) is 26.0. The van der Waals surface area contributed by atoms with E-state index in [9.17, 15) is 9.90 Å². The summed E-state index contributed by atoms with van der Waals surface area (Å²) in [5.41, 5.74) is 5.04. The fraction of sp³-hybridized carbons (Fsp3) is 0.0800. The Morgan fingerprint density at radius 2 is 1.44 bits per heavy atom. The van der Waals surface area contributed by atoms with Crippen LogP contribution < -0.4 is 0 Å². The van der Waals surface area contributed by atoms with Crippen molar-refractivity contribution in [2.24, 2.45) is 0 Å². The van der Waals surface area contributed by atoms with Crippen molar-refractivity contribution in [2.75, 3.05) is 0 Å². The summed E-state index contributed by atoms with van der Waals surface area (Å²) in [5.74, 6) is 0.301. The number of carbonyl (C=O) groups excluding carboxylic acids is 1. The molecule has 130 valence electrons. The maximum Gasteiger partial charge on any atom is 0.164 e. The number of aromatic hydroxyl groups is 1. The highest BCUT2D eigenvalue weighted by molar-refractivity contribution is 6.10. The van der Waals surface area contributed by atoms with Gasteiger partial charge >= 0.3 is 0 Å². The summed E-state index contributed by atoms with van der Waals surface area (Å²) < 4.78 is 0. The molecule has 0 fully saturated rings. The molecule has 0 bridgehead atoms. The fourth-order valence-corrected chi connectivity index (χ4v) is 4.17.